The zero-order chi connectivity index (χ0) is 103. The molecule has 1 aliphatic heterocycles. The lowest BCUT2D eigenvalue weighted by atomic mass is 9.77. The SMILES string of the molecule is CCCCCC1CCC(c2ccc(OCCCCCCc3ccc4c5c(ccc4c3)OCCOCCOc3ccc4cc(CCCCCCOc6ccc(C7CCC(CCCCC)CC7)cc6)ccc4c3-c3c(ccc4cc(CCCCCCOc6ccc(C7CCC(CCCCC)CC7)cc6)ccc34)OCCOCCOc3ccc4cc(CCCCCCOc6ccc(C7CCC(CCCCC)CC7)cc6)ccc4c3-5)cc2)CC1. The summed E-state index contributed by atoms with van der Waals surface area (Å²) in [4.78, 5) is 0. The van der Waals surface area contributed by atoms with E-state index in [1.165, 1.54) is 272 Å². The van der Waals surface area contributed by atoms with Gasteiger partial charge in [-0.2, -0.15) is 0 Å². The van der Waals surface area contributed by atoms with Gasteiger partial charge < -0.3 is 47.4 Å². The highest BCUT2D eigenvalue weighted by Crippen LogP contribution is 2.51. The molecule has 17 rings (SSSR count). The summed E-state index contributed by atoms with van der Waals surface area (Å²) in [5.74, 6) is 13.6. The summed E-state index contributed by atoms with van der Waals surface area (Å²) >= 11 is 0. The molecule has 10 heteroatoms. The van der Waals surface area contributed by atoms with Crippen LogP contribution in [0, 0.1) is 23.7 Å². The second-order valence-electron chi connectivity index (χ2n) is 45.8. The standard InChI is InChI=1S/C140H184O10/c1-5-9-21-33-105-41-53-113(54-42-105)117-61-73-125(74-62-117)143-89-29-17-13-25-37-109-49-81-129-121(101-109)69-85-133-137(129)138-130-82-50-110(38-26-14-18-30-90-144-126-75-63-118(64-76-126)114-55-43-106(44-56-114)34-22-10-6-2)102-122(130)70-86-134(138)148-98-94-142-96-100-150-136-88-72-124-104-112(40-28-16-20-32-92-146-128-79-67-120(68-80-128)116-59-47-108(48-60-116)36-24-12-8-4)52-84-132(124)140(136)139-131-83-51-111(103-123(131)71-87-135(139)149-99-95-141-93-97-147-133)39-27-15-19-31-91-145-127-77-65-119(66-78-127)115-57-45-107(46-58-115)35-23-11-7-3/h49-52,61-88,101-108,113-116H,5-48,53-60,89-100H2,1-4H3. The number of rotatable bonds is 52. The minimum Gasteiger partial charge on any atom is -0.494 e. The van der Waals surface area contributed by atoms with Gasteiger partial charge in [0.1, 0.15) is 72.4 Å². The van der Waals surface area contributed by atoms with Crippen LogP contribution in [0.15, 0.2) is 218 Å². The molecule has 12 aromatic rings. The Bertz CT molecular complexity index is 5200. The maximum Gasteiger partial charge on any atom is 0.128 e. The summed E-state index contributed by atoms with van der Waals surface area (Å²) in [6.07, 6.45) is 65.5. The fourth-order valence-corrected chi connectivity index (χ4v) is 25.7. The lowest BCUT2D eigenvalue weighted by molar-refractivity contribution is 0.0759. The maximum atomic E-state index is 7.10. The Morgan fingerprint density at radius 2 is 0.413 bits per heavy atom. The van der Waals surface area contributed by atoms with Crippen molar-refractivity contribution in [2.24, 2.45) is 23.7 Å². The van der Waals surface area contributed by atoms with E-state index in [1.54, 1.807) is 0 Å². The summed E-state index contributed by atoms with van der Waals surface area (Å²) in [5, 5.41) is 9.19. The normalized spacial score (nSPS) is 19.1. The molecule has 4 aliphatic carbocycles. The molecule has 0 unspecified atom stereocenters. The molecule has 5 aliphatic rings. The first kappa shape index (κ1) is 111. The number of benzene rings is 12. The first-order valence-corrected chi connectivity index (χ1v) is 61.0. The zero-order valence-electron chi connectivity index (χ0n) is 92.7. The van der Waals surface area contributed by atoms with Crippen molar-refractivity contribution < 1.29 is 47.4 Å². The summed E-state index contributed by atoms with van der Waals surface area (Å²) in [7, 11) is 0. The van der Waals surface area contributed by atoms with E-state index in [0.717, 1.165) is 268 Å². The molecule has 804 valence electrons. The molecule has 0 aromatic heterocycles. The first-order chi connectivity index (χ1) is 74.2. The molecule has 0 amide bonds. The van der Waals surface area contributed by atoms with Gasteiger partial charge in [-0.05, 0) is 388 Å². The molecule has 0 radical (unpaired) electrons. The van der Waals surface area contributed by atoms with E-state index in [4.69, 9.17) is 47.4 Å². The lowest BCUT2D eigenvalue weighted by Crippen LogP contribution is -2.14. The Labute approximate surface area is 903 Å². The molecule has 0 bridgehead atoms. The number of aryl methyl sites for hydroxylation is 4. The van der Waals surface area contributed by atoms with Crippen LogP contribution in [0.25, 0.3) is 65.3 Å². The fraction of sp³-hybridized carbons (Fsp3) is 0.543. The third-order valence-electron chi connectivity index (χ3n) is 34.8. The maximum absolute atomic E-state index is 7.10. The fourth-order valence-electron chi connectivity index (χ4n) is 25.7. The van der Waals surface area contributed by atoms with Crippen LogP contribution < -0.4 is 37.9 Å². The molecule has 0 N–H and O–H groups in total. The van der Waals surface area contributed by atoms with E-state index in [1.807, 2.05) is 0 Å². The van der Waals surface area contributed by atoms with Crippen LogP contribution in [0.5, 0.6) is 46.0 Å². The quantitative estimate of drug-likeness (QED) is 0.0343. The minimum absolute atomic E-state index is 0.335. The lowest BCUT2D eigenvalue weighted by Gasteiger charge is -2.29. The number of fused-ring (bicyclic) bond motifs is 14. The van der Waals surface area contributed by atoms with Crippen LogP contribution in [0.3, 0.4) is 0 Å². The van der Waals surface area contributed by atoms with E-state index in [2.05, 4.69) is 246 Å². The number of hydrogen-bond donors (Lipinski definition) is 0. The van der Waals surface area contributed by atoms with Gasteiger partial charge in [-0.1, -0.05) is 327 Å². The molecule has 150 heavy (non-hydrogen) atoms. The monoisotopic (exact) mass is 2030 g/mol. The molecule has 4 fully saturated rings. The Kier molecular flexibility index (Phi) is 45.3. The number of unbranched alkanes of at least 4 members (excludes halogenated alkanes) is 20. The molecular weight excluding hydrogens is 1840 g/mol. The molecule has 0 spiro atoms. The Balaban J connectivity index is 0.559. The molecule has 10 nitrogen and oxygen atoms in total. The predicted molar refractivity (Wildman–Crippen MR) is 629 cm³/mol. The van der Waals surface area contributed by atoms with Gasteiger partial charge in [-0.25, -0.2) is 0 Å². The second kappa shape index (κ2) is 61.2. The van der Waals surface area contributed by atoms with Gasteiger partial charge in [0.25, 0.3) is 0 Å². The minimum atomic E-state index is 0.335. The van der Waals surface area contributed by atoms with Crippen LogP contribution in [0.4, 0.5) is 0 Å². The highest BCUT2D eigenvalue weighted by atomic mass is 16.6. The van der Waals surface area contributed by atoms with Crippen LogP contribution in [-0.4, -0.2) is 79.3 Å². The van der Waals surface area contributed by atoms with Gasteiger partial charge in [0.15, 0.2) is 0 Å². The van der Waals surface area contributed by atoms with E-state index in [-0.39, 0.29) is 0 Å². The van der Waals surface area contributed by atoms with E-state index in [0.29, 0.717) is 76.5 Å². The van der Waals surface area contributed by atoms with Crippen molar-refractivity contribution in [3.63, 3.8) is 0 Å². The van der Waals surface area contributed by atoms with Gasteiger partial charge in [-0.3, -0.25) is 0 Å². The average molecular weight is 2030 g/mol. The van der Waals surface area contributed by atoms with Crippen molar-refractivity contribution in [2.75, 3.05) is 79.3 Å². The smallest absolute Gasteiger partial charge is 0.128 e. The van der Waals surface area contributed by atoms with Gasteiger partial charge in [0.05, 0.1) is 52.9 Å². The molecule has 1 heterocycles. The predicted octanol–water partition coefficient (Wildman–Crippen LogP) is 39.0. The molecule has 12 aromatic carbocycles. The first-order valence-electron chi connectivity index (χ1n) is 61.0. The highest BCUT2D eigenvalue weighted by Gasteiger charge is 2.30. The van der Waals surface area contributed by atoms with Crippen molar-refractivity contribution in [3.8, 4) is 68.2 Å². The van der Waals surface area contributed by atoms with Gasteiger partial charge in [0.2, 0.25) is 0 Å². The van der Waals surface area contributed by atoms with Crippen molar-refractivity contribution in [1.82, 2.24) is 0 Å². The molecular formula is C140H184O10. The van der Waals surface area contributed by atoms with Crippen LogP contribution in [-0.2, 0) is 35.2 Å². The van der Waals surface area contributed by atoms with Crippen LogP contribution in [0.1, 0.15) is 404 Å². The Morgan fingerprint density at radius 1 is 0.200 bits per heavy atom. The average Bonchev–Trinajstić information content (AvgIpc) is 0.749. The summed E-state index contributed by atoms with van der Waals surface area (Å²) in [6, 6.07) is 82.6. The molecule has 0 saturated heterocycles. The van der Waals surface area contributed by atoms with Crippen molar-refractivity contribution in [2.45, 2.75) is 385 Å². The highest BCUT2D eigenvalue weighted by molar-refractivity contribution is 6.11. The van der Waals surface area contributed by atoms with Crippen LogP contribution >= 0.6 is 0 Å². The van der Waals surface area contributed by atoms with Gasteiger partial charge in [0, 0.05) is 22.3 Å². The number of hydrogen-bond acceptors (Lipinski definition) is 10. The largest absolute Gasteiger partial charge is 0.494 e. The van der Waals surface area contributed by atoms with Gasteiger partial charge >= 0.3 is 0 Å². The van der Waals surface area contributed by atoms with E-state index in [9.17, 15) is 0 Å². The summed E-state index contributed by atoms with van der Waals surface area (Å²) in [5.41, 5.74) is 15.4. The van der Waals surface area contributed by atoms with E-state index < -0.39 is 0 Å². The van der Waals surface area contributed by atoms with Crippen LogP contribution in [0.2, 0.25) is 0 Å². The third-order valence-corrected chi connectivity index (χ3v) is 34.8. The van der Waals surface area contributed by atoms with Crippen molar-refractivity contribution >= 4 is 43.1 Å². The van der Waals surface area contributed by atoms with Crippen molar-refractivity contribution in [3.05, 3.63) is 263 Å². The molecule has 4 saturated carbocycles. The Hall–Kier alpha value is -10.0. The Morgan fingerprint density at radius 3 is 0.627 bits per heavy atom. The molecule has 0 atom stereocenters. The second-order valence-corrected chi connectivity index (χ2v) is 45.8. The van der Waals surface area contributed by atoms with E-state index >= 15 is 0 Å². The van der Waals surface area contributed by atoms with Crippen molar-refractivity contribution in [1.29, 1.82) is 0 Å². The number of ether oxygens (including phenoxy) is 10. The zero-order valence-corrected chi connectivity index (χ0v) is 92.7. The third kappa shape index (κ3) is 33.5. The summed E-state index contributed by atoms with van der Waals surface area (Å²) in [6.45, 7) is 15.0. The van der Waals surface area contributed by atoms with Gasteiger partial charge in [-0.15, -0.1) is 0 Å². The summed E-state index contributed by atoms with van der Waals surface area (Å²) < 4.78 is 67.1. The topological polar surface area (TPSA) is 92.3 Å².